The Labute approximate surface area is 103 Å². The van der Waals surface area contributed by atoms with Gasteiger partial charge in [0.1, 0.15) is 16.7 Å². The number of rotatable bonds is 3. The van der Waals surface area contributed by atoms with E-state index in [1.165, 1.54) is 11.8 Å². The van der Waals surface area contributed by atoms with Gasteiger partial charge in [-0.1, -0.05) is 6.92 Å². The maximum atomic E-state index is 5.82. The van der Waals surface area contributed by atoms with Crippen LogP contribution in [0.4, 0.5) is 5.82 Å². The smallest absolute Gasteiger partial charge is 0.282 e. The van der Waals surface area contributed by atoms with E-state index in [1.807, 2.05) is 13.8 Å². The third-order valence-corrected chi connectivity index (χ3v) is 3.12. The fraction of sp³-hybridized carbons (Fsp3) is 0.400. The number of anilines is 1. The van der Waals surface area contributed by atoms with E-state index in [9.17, 15) is 0 Å². The predicted octanol–water partition coefficient (Wildman–Crippen LogP) is 1.77. The Morgan fingerprint density at radius 1 is 1.24 bits per heavy atom. The van der Waals surface area contributed by atoms with Crippen LogP contribution in [0.3, 0.4) is 0 Å². The van der Waals surface area contributed by atoms with Crippen molar-refractivity contribution < 1.29 is 4.42 Å². The Morgan fingerprint density at radius 3 is 2.59 bits per heavy atom. The van der Waals surface area contributed by atoms with Gasteiger partial charge in [-0.3, -0.25) is 0 Å². The van der Waals surface area contributed by atoms with Crippen LogP contribution in [0.2, 0.25) is 0 Å². The number of aryl methyl sites for hydroxylation is 2. The summed E-state index contributed by atoms with van der Waals surface area (Å²) in [7, 11) is 0. The van der Waals surface area contributed by atoms with Crippen LogP contribution in [0, 0.1) is 13.8 Å². The Hall–Kier alpha value is -1.63. The van der Waals surface area contributed by atoms with Crippen molar-refractivity contribution in [1.82, 2.24) is 20.2 Å². The zero-order valence-corrected chi connectivity index (χ0v) is 10.7. The number of nitrogen functional groups attached to an aromatic ring is 1. The first kappa shape index (κ1) is 11.8. The molecule has 0 aliphatic rings. The SMILES string of the molecule is CCc1nc(N)c(C)c(Sc2nnc(C)o2)n1. The summed E-state index contributed by atoms with van der Waals surface area (Å²) in [4.78, 5) is 8.59. The second-order valence-electron chi connectivity index (χ2n) is 3.50. The lowest BCUT2D eigenvalue weighted by atomic mass is 10.3. The molecular formula is C10H13N5OS. The number of hydrogen-bond donors (Lipinski definition) is 1. The summed E-state index contributed by atoms with van der Waals surface area (Å²) in [6.07, 6.45) is 0.737. The highest BCUT2D eigenvalue weighted by atomic mass is 32.2. The van der Waals surface area contributed by atoms with Gasteiger partial charge in [0.15, 0.2) is 0 Å². The molecule has 0 aliphatic carbocycles. The van der Waals surface area contributed by atoms with Crippen LogP contribution in [0.5, 0.6) is 0 Å². The zero-order valence-electron chi connectivity index (χ0n) is 9.89. The Bertz CT molecular complexity index is 539. The lowest BCUT2D eigenvalue weighted by Gasteiger charge is -2.06. The van der Waals surface area contributed by atoms with Crippen LogP contribution >= 0.6 is 11.8 Å². The normalized spacial score (nSPS) is 10.8. The van der Waals surface area contributed by atoms with Crippen LogP contribution in [0.25, 0.3) is 0 Å². The first-order chi connectivity index (χ1) is 8.10. The second kappa shape index (κ2) is 4.70. The molecule has 0 fully saturated rings. The molecule has 0 aliphatic heterocycles. The van der Waals surface area contributed by atoms with Gasteiger partial charge in [0, 0.05) is 18.9 Å². The van der Waals surface area contributed by atoms with Crippen molar-refractivity contribution in [2.75, 3.05) is 5.73 Å². The molecule has 0 atom stereocenters. The molecule has 0 bridgehead atoms. The fourth-order valence-electron chi connectivity index (χ4n) is 1.22. The topological polar surface area (TPSA) is 90.7 Å². The first-order valence-electron chi connectivity index (χ1n) is 5.21. The molecule has 0 amide bonds. The lowest BCUT2D eigenvalue weighted by Crippen LogP contribution is -2.03. The standard InChI is InChI=1S/C10H13N5OS/c1-4-7-12-8(11)5(2)9(13-7)17-10-15-14-6(3)16-10/h4H2,1-3H3,(H2,11,12,13). The summed E-state index contributed by atoms with van der Waals surface area (Å²) in [5, 5.41) is 8.90. The zero-order chi connectivity index (χ0) is 12.4. The quantitative estimate of drug-likeness (QED) is 0.831. The Morgan fingerprint density at radius 2 is 2.00 bits per heavy atom. The summed E-state index contributed by atoms with van der Waals surface area (Å²) in [6, 6.07) is 0. The van der Waals surface area contributed by atoms with Gasteiger partial charge in [0.2, 0.25) is 5.89 Å². The predicted molar refractivity (Wildman–Crippen MR) is 63.7 cm³/mol. The van der Waals surface area contributed by atoms with E-state index in [1.54, 1.807) is 6.92 Å². The highest BCUT2D eigenvalue weighted by Gasteiger charge is 2.12. The molecule has 2 rings (SSSR count). The van der Waals surface area contributed by atoms with Gasteiger partial charge in [-0.05, 0) is 18.7 Å². The third kappa shape index (κ3) is 2.55. The van der Waals surface area contributed by atoms with Crippen LogP contribution in [0.1, 0.15) is 24.2 Å². The van der Waals surface area contributed by atoms with Gasteiger partial charge in [-0.2, -0.15) is 0 Å². The van der Waals surface area contributed by atoms with E-state index in [0.29, 0.717) is 22.8 Å². The molecule has 0 radical (unpaired) electrons. The molecular weight excluding hydrogens is 238 g/mol. The van der Waals surface area contributed by atoms with E-state index in [-0.39, 0.29) is 0 Å². The van der Waals surface area contributed by atoms with E-state index in [0.717, 1.165) is 17.0 Å². The second-order valence-corrected chi connectivity index (χ2v) is 4.44. The van der Waals surface area contributed by atoms with Crippen molar-refractivity contribution in [3.05, 3.63) is 17.3 Å². The van der Waals surface area contributed by atoms with Crippen molar-refractivity contribution in [2.24, 2.45) is 0 Å². The minimum Gasteiger partial charge on any atom is -0.416 e. The molecule has 2 N–H and O–H groups in total. The molecule has 0 saturated heterocycles. The minimum atomic E-state index is 0.464. The number of nitrogens with two attached hydrogens (primary N) is 1. The van der Waals surface area contributed by atoms with E-state index in [4.69, 9.17) is 10.2 Å². The monoisotopic (exact) mass is 251 g/mol. The molecule has 2 heterocycles. The maximum Gasteiger partial charge on any atom is 0.282 e. The van der Waals surface area contributed by atoms with Crippen molar-refractivity contribution in [3.8, 4) is 0 Å². The van der Waals surface area contributed by atoms with Crippen molar-refractivity contribution in [2.45, 2.75) is 37.4 Å². The summed E-state index contributed by atoms with van der Waals surface area (Å²) >= 11 is 1.31. The molecule has 0 saturated carbocycles. The molecule has 0 spiro atoms. The maximum absolute atomic E-state index is 5.82. The third-order valence-electron chi connectivity index (χ3n) is 2.19. The van der Waals surface area contributed by atoms with Gasteiger partial charge in [0.25, 0.3) is 5.22 Å². The molecule has 0 aromatic carbocycles. The summed E-state index contributed by atoms with van der Waals surface area (Å²) in [6.45, 7) is 5.60. The summed E-state index contributed by atoms with van der Waals surface area (Å²) < 4.78 is 5.30. The van der Waals surface area contributed by atoms with Gasteiger partial charge in [0.05, 0.1) is 0 Å². The molecule has 90 valence electrons. The average molecular weight is 251 g/mol. The van der Waals surface area contributed by atoms with E-state index in [2.05, 4.69) is 20.2 Å². The highest BCUT2D eigenvalue weighted by Crippen LogP contribution is 2.29. The first-order valence-corrected chi connectivity index (χ1v) is 6.02. The van der Waals surface area contributed by atoms with Crippen LogP contribution in [-0.4, -0.2) is 20.2 Å². The molecule has 2 aromatic heterocycles. The molecule has 0 unspecified atom stereocenters. The van der Waals surface area contributed by atoms with Crippen molar-refractivity contribution in [1.29, 1.82) is 0 Å². The van der Waals surface area contributed by atoms with Gasteiger partial charge in [-0.15, -0.1) is 10.2 Å². The number of hydrogen-bond acceptors (Lipinski definition) is 7. The van der Waals surface area contributed by atoms with Crippen molar-refractivity contribution in [3.63, 3.8) is 0 Å². The summed E-state index contributed by atoms with van der Waals surface area (Å²) in [5.74, 6) is 1.74. The molecule has 7 heteroatoms. The Balaban J connectivity index is 2.34. The van der Waals surface area contributed by atoms with Gasteiger partial charge < -0.3 is 10.2 Å². The Kier molecular flexibility index (Phi) is 3.28. The molecule has 6 nitrogen and oxygen atoms in total. The summed E-state index contributed by atoms with van der Waals surface area (Å²) in [5.41, 5.74) is 6.66. The van der Waals surface area contributed by atoms with Gasteiger partial charge >= 0.3 is 0 Å². The average Bonchev–Trinajstić information content (AvgIpc) is 2.70. The number of aromatic nitrogens is 4. The van der Waals surface area contributed by atoms with Crippen LogP contribution in [-0.2, 0) is 6.42 Å². The highest BCUT2D eigenvalue weighted by molar-refractivity contribution is 7.99. The van der Waals surface area contributed by atoms with Crippen LogP contribution < -0.4 is 5.73 Å². The lowest BCUT2D eigenvalue weighted by molar-refractivity contribution is 0.429. The van der Waals surface area contributed by atoms with Crippen molar-refractivity contribution >= 4 is 17.6 Å². The molecule has 2 aromatic rings. The van der Waals surface area contributed by atoms with Crippen LogP contribution in [0.15, 0.2) is 14.7 Å². The van der Waals surface area contributed by atoms with E-state index >= 15 is 0 Å². The van der Waals surface area contributed by atoms with Gasteiger partial charge in [-0.25, -0.2) is 9.97 Å². The minimum absolute atomic E-state index is 0.464. The molecule has 17 heavy (non-hydrogen) atoms. The fourth-order valence-corrected chi connectivity index (χ4v) is 2.04. The van der Waals surface area contributed by atoms with E-state index < -0.39 is 0 Å². The largest absolute Gasteiger partial charge is 0.416 e. The number of nitrogens with zero attached hydrogens (tertiary/aromatic N) is 4.